The van der Waals surface area contributed by atoms with Crippen LogP contribution in [0, 0.1) is 5.82 Å². The molecule has 1 aromatic carbocycles. The van der Waals surface area contributed by atoms with Crippen LogP contribution in [-0.2, 0) is 0 Å². The van der Waals surface area contributed by atoms with Crippen LogP contribution >= 0.6 is 15.9 Å². The number of pyridine rings is 1. The van der Waals surface area contributed by atoms with Gasteiger partial charge in [-0.25, -0.2) is 0 Å². The van der Waals surface area contributed by atoms with Crippen LogP contribution in [0.4, 0.5) is 8.78 Å². The monoisotopic (exact) mass is 439 g/mol. The number of fused-ring (bicyclic) bond motifs is 1. The van der Waals surface area contributed by atoms with Crippen molar-refractivity contribution in [3.63, 3.8) is 0 Å². The normalized spacial score (nSPS) is 14.2. The van der Waals surface area contributed by atoms with Crippen molar-refractivity contribution < 1.29 is 16.3 Å². The van der Waals surface area contributed by atoms with Crippen LogP contribution in [0.5, 0.6) is 5.75 Å². The van der Waals surface area contributed by atoms with Crippen LogP contribution in [0.25, 0.3) is 10.8 Å². The number of hydrogen-bond donors (Lipinski definition) is 0. The Bertz CT molecular complexity index is 701. The van der Waals surface area contributed by atoms with Gasteiger partial charge in [-0.1, -0.05) is 0 Å². The first-order valence-electron chi connectivity index (χ1n) is 6.65. The molecule has 0 aliphatic carbocycles. The Hall–Kier alpha value is -0.431. The van der Waals surface area contributed by atoms with Crippen LogP contribution in [0.2, 0.25) is 14.8 Å². The van der Waals surface area contributed by atoms with Crippen molar-refractivity contribution in [3.05, 3.63) is 28.7 Å². The Kier molecular flexibility index (Phi) is 3.58. The topological polar surface area (TPSA) is 22.1 Å². The molecule has 2 aromatic rings. The summed E-state index contributed by atoms with van der Waals surface area (Å²) in [4.78, 5) is 10.5. The van der Waals surface area contributed by atoms with E-state index in [1.807, 2.05) is 0 Å². The second-order valence-corrected chi connectivity index (χ2v) is 20.4. The summed E-state index contributed by atoms with van der Waals surface area (Å²) in [6.07, 6.45) is 3.17. The third-order valence-corrected chi connectivity index (χ3v) is 9.20. The van der Waals surface area contributed by atoms with E-state index in [1.165, 1.54) is 6.20 Å². The number of ether oxygens (including phenoxy) is 1. The van der Waals surface area contributed by atoms with Crippen LogP contribution in [-0.4, -0.2) is 30.2 Å². The summed E-state index contributed by atoms with van der Waals surface area (Å²) >= 11 is 0.557. The molecule has 0 N–H and O–H groups in total. The zero-order valence-corrected chi connectivity index (χ0v) is 15.2. The van der Waals surface area contributed by atoms with Crippen LogP contribution in [0.3, 0.4) is 0 Å². The predicted octanol–water partition coefficient (Wildman–Crippen LogP) is 3.99. The van der Waals surface area contributed by atoms with Crippen molar-refractivity contribution in [1.29, 1.82) is 0 Å². The molecule has 0 amide bonds. The number of halogens is 3. The van der Waals surface area contributed by atoms with Gasteiger partial charge >= 0.3 is 126 Å². The van der Waals surface area contributed by atoms with Crippen molar-refractivity contribution in [2.24, 2.45) is 0 Å². The Morgan fingerprint density at radius 1 is 1.42 bits per heavy atom. The SMILES string of the molecule is [2H]C([2H])(F)Oc1c(F)cc(Br)c2cnc[c]([Sn]([CH3])([CH3])[CH3])c12. The molecule has 0 radical (unpaired) electrons. The Labute approximate surface area is 126 Å². The first kappa shape index (κ1) is 12.3. The summed E-state index contributed by atoms with van der Waals surface area (Å²) in [5.41, 5.74) is 0. The molecule has 0 atom stereocenters. The summed E-state index contributed by atoms with van der Waals surface area (Å²) < 4.78 is 47.2. The van der Waals surface area contributed by atoms with Gasteiger partial charge in [-0.2, -0.15) is 0 Å². The first-order valence-corrected chi connectivity index (χ1v) is 16.4. The molecular weight excluding hydrogens is 423 g/mol. The van der Waals surface area contributed by atoms with E-state index in [0.29, 0.717) is 15.2 Å². The molecule has 2 rings (SSSR count). The molecule has 0 aliphatic heterocycles. The van der Waals surface area contributed by atoms with Gasteiger partial charge in [-0.3, -0.25) is 0 Å². The predicted molar refractivity (Wildman–Crippen MR) is 79.0 cm³/mol. The molecule has 0 unspecified atom stereocenters. The van der Waals surface area contributed by atoms with Gasteiger partial charge in [0.05, 0.1) is 0 Å². The molecule has 1 heterocycles. The van der Waals surface area contributed by atoms with Gasteiger partial charge < -0.3 is 0 Å². The fourth-order valence-corrected chi connectivity index (χ4v) is 6.64. The third-order valence-electron chi connectivity index (χ3n) is 2.85. The van der Waals surface area contributed by atoms with Gasteiger partial charge in [0.2, 0.25) is 0 Å². The average molecular weight is 439 g/mol. The van der Waals surface area contributed by atoms with Crippen molar-refractivity contribution in [2.75, 3.05) is 6.81 Å². The Morgan fingerprint density at radius 3 is 2.68 bits per heavy atom. The fraction of sp³-hybridized carbons (Fsp3) is 0.308. The quantitative estimate of drug-likeness (QED) is 0.676. The van der Waals surface area contributed by atoms with E-state index in [2.05, 4.69) is 40.5 Å². The van der Waals surface area contributed by atoms with Crippen LogP contribution < -0.4 is 8.32 Å². The summed E-state index contributed by atoms with van der Waals surface area (Å²) in [6, 6.07) is 1.13. The molecule has 2 nitrogen and oxygen atoms in total. The van der Waals surface area contributed by atoms with E-state index in [1.54, 1.807) is 6.20 Å². The molecule has 0 saturated heterocycles. The zero-order chi connectivity index (χ0) is 16.0. The average Bonchev–Trinajstić information content (AvgIpc) is 2.31. The Morgan fingerprint density at radius 2 is 2.11 bits per heavy atom. The van der Waals surface area contributed by atoms with Gasteiger partial charge in [-0.15, -0.1) is 0 Å². The molecule has 0 spiro atoms. The second kappa shape index (κ2) is 5.52. The second-order valence-electron chi connectivity index (χ2n) is 5.21. The molecule has 102 valence electrons. The maximum atomic E-state index is 14.2. The minimum absolute atomic E-state index is 0.398. The Balaban J connectivity index is 2.89. The fourth-order valence-electron chi connectivity index (χ4n) is 1.97. The zero-order valence-electron chi connectivity index (χ0n) is 12.7. The van der Waals surface area contributed by atoms with Gasteiger partial charge in [0.1, 0.15) is 0 Å². The van der Waals surface area contributed by atoms with E-state index >= 15 is 0 Å². The maximum absolute atomic E-state index is 14.2. The molecule has 0 saturated carbocycles. The van der Waals surface area contributed by atoms with Crippen LogP contribution in [0.1, 0.15) is 2.74 Å². The van der Waals surface area contributed by atoms with Gasteiger partial charge in [0.25, 0.3) is 0 Å². The van der Waals surface area contributed by atoms with Crippen LogP contribution in [0.15, 0.2) is 22.9 Å². The van der Waals surface area contributed by atoms with Crippen molar-refractivity contribution in [2.45, 2.75) is 14.8 Å². The van der Waals surface area contributed by atoms with E-state index in [-0.39, 0.29) is 0 Å². The summed E-state index contributed by atoms with van der Waals surface area (Å²) in [5, 5.41) is 0.987. The molecule has 0 bridgehead atoms. The number of rotatable bonds is 3. The van der Waals surface area contributed by atoms with Gasteiger partial charge in [0.15, 0.2) is 0 Å². The first-order chi connectivity index (χ1) is 9.50. The van der Waals surface area contributed by atoms with Crippen molar-refractivity contribution >= 4 is 48.7 Å². The molecule has 0 fully saturated rings. The van der Waals surface area contributed by atoms with Gasteiger partial charge in [-0.05, 0) is 0 Å². The summed E-state index contributed by atoms with van der Waals surface area (Å²) in [6.45, 7) is -3.45. The number of hydrogen-bond acceptors (Lipinski definition) is 2. The van der Waals surface area contributed by atoms with E-state index in [9.17, 15) is 8.78 Å². The summed E-state index contributed by atoms with van der Waals surface area (Å²) in [7, 11) is 0. The summed E-state index contributed by atoms with van der Waals surface area (Å²) in [5.74, 6) is -1.20. The molecular formula is C13H14BrF2NOSn. The van der Waals surface area contributed by atoms with Crippen molar-refractivity contribution in [1.82, 2.24) is 4.98 Å². The third kappa shape index (κ3) is 2.86. The standard InChI is InChI=1S/C10H5BrF2NO.3CH3.Sn/c11-8-3-9(13)10(15-5-12)6-1-2-14-4-7(6)8;;;;/h2-4H,5H2;3*1H3;/i5D2;;;;. The molecule has 1 aromatic heterocycles. The van der Waals surface area contributed by atoms with E-state index in [4.69, 9.17) is 2.74 Å². The number of alkyl halides is 1. The number of nitrogens with zero attached hydrogens (tertiary/aromatic N) is 1. The van der Waals surface area contributed by atoms with Gasteiger partial charge in [0, 0.05) is 0 Å². The number of benzene rings is 1. The molecule has 19 heavy (non-hydrogen) atoms. The van der Waals surface area contributed by atoms with E-state index < -0.39 is 36.8 Å². The molecule has 6 heteroatoms. The number of aromatic nitrogens is 1. The minimum atomic E-state index is -3.45. The van der Waals surface area contributed by atoms with Crippen molar-refractivity contribution in [3.8, 4) is 5.75 Å². The van der Waals surface area contributed by atoms with E-state index in [0.717, 1.165) is 9.65 Å². The molecule has 0 aliphatic rings.